The molecule has 0 saturated heterocycles. The van der Waals surface area contributed by atoms with Gasteiger partial charge in [-0.05, 0) is 62.2 Å². The second-order valence-corrected chi connectivity index (χ2v) is 7.94. The fraction of sp³-hybridized carbons (Fsp3) is 0.882. The molecule has 0 aromatic heterocycles. The van der Waals surface area contributed by atoms with Crippen LogP contribution in [0.1, 0.15) is 57.8 Å². The van der Waals surface area contributed by atoms with Crippen molar-refractivity contribution in [3.8, 4) is 0 Å². The summed E-state index contributed by atoms with van der Waals surface area (Å²) < 4.78 is 0. The summed E-state index contributed by atoms with van der Waals surface area (Å²) in [5.74, 6) is 2.46. The smallest absolute Gasteiger partial charge is 0.310 e. The topological polar surface area (TPSA) is 66.4 Å². The number of carboxylic acids is 1. The molecule has 4 rings (SSSR count). The number of rotatable bonds is 4. The molecule has 0 radical (unpaired) electrons. The van der Waals surface area contributed by atoms with E-state index in [1.165, 1.54) is 25.7 Å². The largest absolute Gasteiger partial charge is 0.481 e. The highest BCUT2D eigenvalue weighted by atomic mass is 16.4. The lowest BCUT2D eigenvalue weighted by atomic mass is 9.66. The summed E-state index contributed by atoms with van der Waals surface area (Å²) in [6, 6.07) is 0.327. The van der Waals surface area contributed by atoms with Crippen LogP contribution in [-0.4, -0.2) is 23.0 Å². The molecule has 0 aromatic rings. The summed E-state index contributed by atoms with van der Waals surface area (Å²) in [6.07, 6.45) is 9.00. The molecule has 4 aliphatic rings. The van der Waals surface area contributed by atoms with Crippen LogP contribution in [0.25, 0.3) is 0 Å². The van der Waals surface area contributed by atoms with Crippen molar-refractivity contribution in [3.63, 3.8) is 0 Å². The minimum Gasteiger partial charge on any atom is -0.481 e. The number of amides is 1. The Balaban J connectivity index is 1.37. The average Bonchev–Trinajstić information content (AvgIpc) is 3.04. The summed E-state index contributed by atoms with van der Waals surface area (Å²) in [5, 5.41) is 12.5. The first-order valence-corrected chi connectivity index (χ1v) is 8.62. The van der Waals surface area contributed by atoms with Gasteiger partial charge in [0.1, 0.15) is 0 Å². The first-order chi connectivity index (χ1) is 10.1. The summed E-state index contributed by atoms with van der Waals surface area (Å²) in [7, 11) is 0. The number of hydrogen-bond donors (Lipinski definition) is 2. The maximum absolute atomic E-state index is 12.3. The number of aliphatic carboxylic acids is 1. The highest BCUT2D eigenvalue weighted by Gasteiger charge is 2.54. The number of carbonyl (C=O) groups excluding carboxylic acids is 1. The predicted octanol–water partition coefficient (Wildman–Crippen LogP) is 2.57. The van der Waals surface area contributed by atoms with Crippen LogP contribution in [0, 0.1) is 29.1 Å². The van der Waals surface area contributed by atoms with Gasteiger partial charge in [0, 0.05) is 12.5 Å². The average molecular weight is 291 g/mol. The molecule has 4 fully saturated rings. The lowest BCUT2D eigenvalue weighted by Gasteiger charge is -2.38. The Morgan fingerprint density at radius 3 is 2.48 bits per heavy atom. The van der Waals surface area contributed by atoms with Crippen LogP contribution in [0.4, 0.5) is 0 Å². The van der Waals surface area contributed by atoms with Crippen LogP contribution in [0.15, 0.2) is 0 Å². The molecule has 116 valence electrons. The second-order valence-electron chi connectivity index (χ2n) is 7.94. The summed E-state index contributed by atoms with van der Waals surface area (Å²) in [5.41, 5.74) is -0.752. The number of carbonyl (C=O) groups is 2. The minimum absolute atomic E-state index is 0.0239. The molecule has 4 nitrogen and oxygen atoms in total. The first-order valence-electron chi connectivity index (χ1n) is 8.62. The SMILES string of the molecule is O=C(CC1(C(=O)O)CCC1)NC1CC2CC1C1CCCC21. The Morgan fingerprint density at radius 2 is 1.81 bits per heavy atom. The number of nitrogens with one attached hydrogen (secondary N) is 1. The number of fused-ring (bicyclic) bond motifs is 5. The van der Waals surface area contributed by atoms with Gasteiger partial charge in [0.05, 0.1) is 5.41 Å². The van der Waals surface area contributed by atoms with E-state index in [1.807, 2.05) is 0 Å². The molecule has 21 heavy (non-hydrogen) atoms. The van der Waals surface area contributed by atoms with E-state index in [9.17, 15) is 14.7 Å². The Bertz CT molecular complexity index is 471. The van der Waals surface area contributed by atoms with Gasteiger partial charge >= 0.3 is 5.97 Å². The van der Waals surface area contributed by atoms with Crippen molar-refractivity contribution in [1.29, 1.82) is 0 Å². The monoisotopic (exact) mass is 291 g/mol. The van der Waals surface area contributed by atoms with Gasteiger partial charge < -0.3 is 10.4 Å². The van der Waals surface area contributed by atoms with E-state index in [4.69, 9.17) is 0 Å². The van der Waals surface area contributed by atoms with Crippen molar-refractivity contribution in [2.75, 3.05) is 0 Å². The predicted molar refractivity (Wildman–Crippen MR) is 77.5 cm³/mol. The third-order valence-corrected chi connectivity index (χ3v) is 7.04. The molecule has 4 aliphatic carbocycles. The Morgan fingerprint density at radius 1 is 1.05 bits per heavy atom. The quantitative estimate of drug-likeness (QED) is 0.836. The van der Waals surface area contributed by atoms with Crippen LogP contribution >= 0.6 is 0 Å². The Labute approximate surface area is 125 Å². The third-order valence-electron chi connectivity index (χ3n) is 7.04. The van der Waals surface area contributed by atoms with Gasteiger partial charge in [-0.1, -0.05) is 12.8 Å². The van der Waals surface area contributed by atoms with Crippen molar-refractivity contribution < 1.29 is 14.7 Å². The highest BCUT2D eigenvalue weighted by Crippen LogP contribution is 2.58. The van der Waals surface area contributed by atoms with E-state index in [0.717, 1.165) is 30.6 Å². The van der Waals surface area contributed by atoms with Crippen LogP contribution in [0.5, 0.6) is 0 Å². The first kappa shape index (κ1) is 13.6. The lowest BCUT2D eigenvalue weighted by Crippen LogP contribution is -2.47. The van der Waals surface area contributed by atoms with Crippen molar-refractivity contribution in [3.05, 3.63) is 0 Å². The van der Waals surface area contributed by atoms with Crippen molar-refractivity contribution in [2.24, 2.45) is 29.1 Å². The Hall–Kier alpha value is -1.06. The molecule has 5 unspecified atom stereocenters. The van der Waals surface area contributed by atoms with Gasteiger partial charge in [-0.25, -0.2) is 0 Å². The van der Waals surface area contributed by atoms with Crippen molar-refractivity contribution >= 4 is 11.9 Å². The molecular weight excluding hydrogens is 266 g/mol. The van der Waals surface area contributed by atoms with Crippen LogP contribution in [0.2, 0.25) is 0 Å². The molecular formula is C17H25NO3. The molecule has 0 aromatic carbocycles. The molecule has 2 N–H and O–H groups in total. The number of hydrogen-bond acceptors (Lipinski definition) is 2. The molecule has 2 bridgehead atoms. The molecule has 1 amide bonds. The van der Waals surface area contributed by atoms with Crippen molar-refractivity contribution in [2.45, 2.75) is 63.8 Å². The fourth-order valence-corrected chi connectivity index (χ4v) is 5.87. The van der Waals surface area contributed by atoms with Crippen LogP contribution in [0.3, 0.4) is 0 Å². The zero-order chi connectivity index (χ0) is 14.6. The molecule has 4 saturated carbocycles. The van der Waals surface area contributed by atoms with Gasteiger partial charge in [-0.2, -0.15) is 0 Å². The van der Waals surface area contributed by atoms with E-state index >= 15 is 0 Å². The molecule has 0 aliphatic heterocycles. The van der Waals surface area contributed by atoms with E-state index in [0.29, 0.717) is 24.8 Å². The Kier molecular flexibility index (Phi) is 3.05. The normalized spacial score (nSPS) is 42.4. The summed E-state index contributed by atoms with van der Waals surface area (Å²) in [6.45, 7) is 0. The molecule has 0 spiro atoms. The van der Waals surface area contributed by atoms with Crippen LogP contribution in [-0.2, 0) is 9.59 Å². The van der Waals surface area contributed by atoms with Crippen LogP contribution < -0.4 is 5.32 Å². The highest BCUT2D eigenvalue weighted by molar-refractivity contribution is 5.85. The maximum atomic E-state index is 12.3. The molecule has 0 heterocycles. The van der Waals surface area contributed by atoms with E-state index in [1.54, 1.807) is 0 Å². The minimum atomic E-state index is -0.785. The van der Waals surface area contributed by atoms with Gasteiger partial charge in [-0.15, -0.1) is 0 Å². The number of carboxylic acid groups (broad SMARTS) is 1. The molecule has 5 atom stereocenters. The second kappa shape index (κ2) is 4.72. The van der Waals surface area contributed by atoms with Gasteiger partial charge in [0.2, 0.25) is 5.91 Å². The lowest BCUT2D eigenvalue weighted by molar-refractivity contribution is -0.157. The van der Waals surface area contributed by atoms with Gasteiger partial charge in [-0.3, -0.25) is 9.59 Å². The van der Waals surface area contributed by atoms with E-state index in [2.05, 4.69) is 5.32 Å². The van der Waals surface area contributed by atoms with Gasteiger partial charge in [0.15, 0.2) is 0 Å². The zero-order valence-corrected chi connectivity index (χ0v) is 12.5. The summed E-state index contributed by atoms with van der Waals surface area (Å²) in [4.78, 5) is 23.7. The van der Waals surface area contributed by atoms with Gasteiger partial charge in [0.25, 0.3) is 0 Å². The van der Waals surface area contributed by atoms with Crippen molar-refractivity contribution in [1.82, 2.24) is 5.32 Å². The molecule has 4 heteroatoms. The zero-order valence-electron chi connectivity index (χ0n) is 12.5. The third kappa shape index (κ3) is 2.01. The standard InChI is InChI=1S/C17H25NO3/c19-15(9-17(16(20)21)5-2-6-17)18-14-8-10-7-13(14)12-4-1-3-11(10)12/h10-14H,1-9H2,(H,18,19)(H,20,21). The van der Waals surface area contributed by atoms with E-state index in [-0.39, 0.29) is 12.3 Å². The summed E-state index contributed by atoms with van der Waals surface area (Å²) >= 11 is 0. The van der Waals surface area contributed by atoms with E-state index < -0.39 is 11.4 Å². The maximum Gasteiger partial charge on any atom is 0.310 e. The fourth-order valence-electron chi connectivity index (χ4n) is 5.87.